The van der Waals surface area contributed by atoms with Gasteiger partial charge >= 0.3 is 0 Å². The lowest BCUT2D eigenvalue weighted by Gasteiger charge is -2.17. The van der Waals surface area contributed by atoms with E-state index in [1.807, 2.05) is 18.5 Å². The molecule has 0 spiro atoms. The van der Waals surface area contributed by atoms with E-state index in [1.165, 1.54) is 0 Å². The second-order valence-corrected chi connectivity index (χ2v) is 5.01. The molecule has 0 aliphatic carbocycles. The van der Waals surface area contributed by atoms with Crippen molar-refractivity contribution < 1.29 is 4.74 Å². The van der Waals surface area contributed by atoms with Crippen molar-refractivity contribution in [2.24, 2.45) is 5.92 Å². The third-order valence-electron chi connectivity index (χ3n) is 3.83. The van der Waals surface area contributed by atoms with Gasteiger partial charge in [0, 0.05) is 24.8 Å². The Morgan fingerprint density at radius 1 is 1.50 bits per heavy atom. The first-order valence-electron chi connectivity index (χ1n) is 6.60. The molecule has 0 bridgehead atoms. The van der Waals surface area contributed by atoms with Gasteiger partial charge in [0.05, 0.1) is 23.5 Å². The molecule has 1 aliphatic rings. The minimum atomic E-state index is 0.399. The molecule has 4 heteroatoms. The van der Waals surface area contributed by atoms with E-state index in [0.29, 0.717) is 12.0 Å². The summed E-state index contributed by atoms with van der Waals surface area (Å²) in [6, 6.07) is 5.91. The van der Waals surface area contributed by atoms with E-state index in [-0.39, 0.29) is 0 Å². The van der Waals surface area contributed by atoms with Crippen molar-refractivity contribution in [1.82, 2.24) is 9.55 Å². The Hall–Kier alpha value is -1.55. The first kappa shape index (κ1) is 11.5. The largest absolute Gasteiger partial charge is 0.399 e. The fourth-order valence-electron chi connectivity index (χ4n) is 2.83. The molecular formula is C14H19N3O. The minimum Gasteiger partial charge on any atom is -0.399 e. The van der Waals surface area contributed by atoms with Crippen molar-refractivity contribution >= 4 is 16.7 Å². The number of hydrogen-bond donors (Lipinski definition) is 1. The minimum absolute atomic E-state index is 0.399. The number of fused-ring (bicyclic) bond motifs is 1. The van der Waals surface area contributed by atoms with Crippen molar-refractivity contribution in [3.63, 3.8) is 0 Å². The van der Waals surface area contributed by atoms with Gasteiger partial charge in [0.25, 0.3) is 0 Å². The first-order chi connectivity index (χ1) is 8.78. The Morgan fingerprint density at radius 2 is 2.39 bits per heavy atom. The van der Waals surface area contributed by atoms with Crippen LogP contribution in [0, 0.1) is 5.92 Å². The van der Waals surface area contributed by atoms with Crippen LogP contribution in [0.5, 0.6) is 0 Å². The molecular weight excluding hydrogens is 226 g/mol. The predicted octanol–water partition coefficient (Wildman–Crippen LogP) is 2.43. The van der Waals surface area contributed by atoms with Crippen LogP contribution in [0.4, 0.5) is 5.69 Å². The number of ether oxygens (including phenoxy) is 1. The highest BCUT2D eigenvalue weighted by atomic mass is 16.5. The molecule has 0 amide bonds. The molecule has 2 unspecified atom stereocenters. The Balaban J connectivity index is 1.86. The zero-order chi connectivity index (χ0) is 12.5. The third-order valence-corrected chi connectivity index (χ3v) is 3.83. The van der Waals surface area contributed by atoms with Crippen LogP contribution < -0.4 is 5.73 Å². The lowest BCUT2D eigenvalue weighted by molar-refractivity contribution is 0.0837. The van der Waals surface area contributed by atoms with Gasteiger partial charge in [-0.2, -0.15) is 0 Å². The molecule has 2 atom stereocenters. The average Bonchev–Trinajstić information content (AvgIpc) is 2.96. The molecule has 0 radical (unpaired) electrons. The highest BCUT2D eigenvalue weighted by Crippen LogP contribution is 2.26. The van der Waals surface area contributed by atoms with Crippen LogP contribution in [0.2, 0.25) is 0 Å². The van der Waals surface area contributed by atoms with Crippen LogP contribution >= 0.6 is 0 Å². The summed E-state index contributed by atoms with van der Waals surface area (Å²) in [5, 5.41) is 0. The number of nitrogens with two attached hydrogens (primary N) is 1. The topological polar surface area (TPSA) is 53.1 Å². The van der Waals surface area contributed by atoms with Crippen molar-refractivity contribution in [1.29, 1.82) is 0 Å². The Kier molecular flexibility index (Phi) is 2.96. The molecule has 1 aliphatic heterocycles. The van der Waals surface area contributed by atoms with Crippen molar-refractivity contribution in [3.05, 3.63) is 24.5 Å². The Bertz CT molecular complexity index is 549. The number of benzene rings is 1. The number of aromatic nitrogens is 2. The van der Waals surface area contributed by atoms with E-state index in [9.17, 15) is 0 Å². The summed E-state index contributed by atoms with van der Waals surface area (Å²) in [6.07, 6.45) is 4.54. The van der Waals surface area contributed by atoms with Crippen molar-refractivity contribution in [2.45, 2.75) is 32.4 Å². The number of rotatable bonds is 3. The van der Waals surface area contributed by atoms with Crippen molar-refractivity contribution in [2.75, 3.05) is 12.3 Å². The van der Waals surface area contributed by atoms with Crippen molar-refractivity contribution in [3.8, 4) is 0 Å². The van der Waals surface area contributed by atoms with E-state index in [2.05, 4.69) is 22.5 Å². The molecule has 1 fully saturated rings. The standard InChI is InChI=1S/C14H19N3O/c1-2-14-10(5-6-18-14)8-17-9-16-12-7-11(15)3-4-13(12)17/h3-4,7,9-10,14H,2,5-6,8,15H2,1H3. The highest BCUT2D eigenvalue weighted by Gasteiger charge is 2.27. The van der Waals surface area contributed by atoms with Crippen LogP contribution in [0.3, 0.4) is 0 Å². The average molecular weight is 245 g/mol. The number of anilines is 1. The van der Waals surface area contributed by atoms with Crippen LogP contribution in [-0.2, 0) is 11.3 Å². The summed E-state index contributed by atoms with van der Waals surface area (Å²) in [4.78, 5) is 4.41. The lowest BCUT2D eigenvalue weighted by Crippen LogP contribution is -2.19. The second kappa shape index (κ2) is 4.61. The molecule has 2 aromatic rings. The van der Waals surface area contributed by atoms with Gasteiger partial charge in [0.15, 0.2) is 0 Å². The number of nitrogens with zero attached hydrogens (tertiary/aromatic N) is 2. The molecule has 0 saturated carbocycles. The summed E-state index contributed by atoms with van der Waals surface area (Å²) < 4.78 is 7.96. The fourth-order valence-corrected chi connectivity index (χ4v) is 2.83. The summed E-state index contributed by atoms with van der Waals surface area (Å²) in [6.45, 7) is 4.07. The Labute approximate surface area is 107 Å². The molecule has 1 saturated heterocycles. The zero-order valence-corrected chi connectivity index (χ0v) is 10.7. The van der Waals surface area contributed by atoms with Crippen LogP contribution in [0.15, 0.2) is 24.5 Å². The Morgan fingerprint density at radius 3 is 3.22 bits per heavy atom. The molecule has 4 nitrogen and oxygen atoms in total. The monoisotopic (exact) mass is 245 g/mol. The lowest BCUT2D eigenvalue weighted by atomic mass is 9.99. The number of imidazole rings is 1. The van der Waals surface area contributed by atoms with E-state index in [0.717, 1.165) is 42.7 Å². The highest BCUT2D eigenvalue weighted by molar-refractivity contribution is 5.78. The normalized spacial score (nSPS) is 23.8. The van der Waals surface area contributed by atoms with Gasteiger partial charge < -0.3 is 15.0 Å². The van der Waals surface area contributed by atoms with Gasteiger partial charge in [-0.3, -0.25) is 0 Å². The van der Waals surface area contributed by atoms with E-state index in [4.69, 9.17) is 10.5 Å². The van der Waals surface area contributed by atoms with Gasteiger partial charge in [-0.15, -0.1) is 0 Å². The van der Waals surface area contributed by atoms with Crippen LogP contribution in [-0.4, -0.2) is 22.3 Å². The quantitative estimate of drug-likeness (QED) is 0.845. The van der Waals surface area contributed by atoms with Gasteiger partial charge in [-0.25, -0.2) is 4.98 Å². The first-order valence-corrected chi connectivity index (χ1v) is 6.60. The maximum Gasteiger partial charge on any atom is 0.0958 e. The third kappa shape index (κ3) is 1.97. The number of nitrogen functional groups attached to an aromatic ring is 1. The fraction of sp³-hybridized carbons (Fsp3) is 0.500. The molecule has 2 heterocycles. The predicted molar refractivity (Wildman–Crippen MR) is 72.3 cm³/mol. The summed E-state index contributed by atoms with van der Waals surface area (Å²) in [7, 11) is 0. The van der Waals surface area contributed by atoms with E-state index in [1.54, 1.807) is 0 Å². The molecule has 1 aromatic carbocycles. The SMILES string of the molecule is CCC1OCCC1Cn1cnc2cc(N)ccc21. The van der Waals surface area contributed by atoms with Gasteiger partial charge in [0.2, 0.25) is 0 Å². The zero-order valence-electron chi connectivity index (χ0n) is 10.7. The molecule has 18 heavy (non-hydrogen) atoms. The molecule has 1 aromatic heterocycles. The smallest absolute Gasteiger partial charge is 0.0958 e. The van der Waals surface area contributed by atoms with Crippen LogP contribution in [0.25, 0.3) is 11.0 Å². The van der Waals surface area contributed by atoms with Gasteiger partial charge in [0.1, 0.15) is 0 Å². The second-order valence-electron chi connectivity index (χ2n) is 5.01. The van der Waals surface area contributed by atoms with E-state index >= 15 is 0 Å². The van der Waals surface area contributed by atoms with Gasteiger partial charge in [-0.1, -0.05) is 6.92 Å². The maximum absolute atomic E-state index is 5.77. The molecule has 96 valence electrons. The molecule has 3 rings (SSSR count). The van der Waals surface area contributed by atoms with Crippen LogP contribution in [0.1, 0.15) is 19.8 Å². The molecule has 2 N–H and O–H groups in total. The number of hydrogen-bond acceptors (Lipinski definition) is 3. The van der Waals surface area contributed by atoms with Gasteiger partial charge in [-0.05, 0) is 31.0 Å². The summed E-state index contributed by atoms with van der Waals surface area (Å²) >= 11 is 0. The summed E-state index contributed by atoms with van der Waals surface area (Å²) in [5.41, 5.74) is 8.67. The maximum atomic E-state index is 5.77. The summed E-state index contributed by atoms with van der Waals surface area (Å²) in [5.74, 6) is 0.602. The van der Waals surface area contributed by atoms with E-state index < -0.39 is 0 Å².